The van der Waals surface area contributed by atoms with Gasteiger partial charge in [0.1, 0.15) is 0 Å². The number of hydrogen-bond donors (Lipinski definition) is 2. The van der Waals surface area contributed by atoms with Crippen LogP contribution < -0.4 is 0 Å². The van der Waals surface area contributed by atoms with Gasteiger partial charge in [0.05, 0.1) is 11.4 Å². The molecule has 0 atom stereocenters. The third kappa shape index (κ3) is 1.22. The van der Waals surface area contributed by atoms with Gasteiger partial charge < -0.3 is 5.21 Å². The lowest BCUT2D eigenvalue weighted by Crippen LogP contribution is -2.12. The third-order valence-electron chi connectivity index (χ3n) is 2.50. The van der Waals surface area contributed by atoms with E-state index in [1.165, 1.54) is 0 Å². The molecule has 70 valence electrons. The Bertz CT molecular complexity index is 327. The van der Waals surface area contributed by atoms with Gasteiger partial charge in [0, 0.05) is 11.3 Å². The first kappa shape index (κ1) is 8.29. The molecule has 1 aromatic rings. The van der Waals surface area contributed by atoms with Gasteiger partial charge in [-0.15, -0.1) is 0 Å². The molecule has 4 nitrogen and oxygen atoms in total. The summed E-state index contributed by atoms with van der Waals surface area (Å²) in [5, 5.41) is 19.3. The highest BCUT2D eigenvalue weighted by Gasteiger charge is 2.21. The summed E-state index contributed by atoms with van der Waals surface area (Å²) < 4.78 is 0. The van der Waals surface area contributed by atoms with E-state index in [0.717, 1.165) is 48.3 Å². The van der Waals surface area contributed by atoms with Gasteiger partial charge in [0.25, 0.3) is 0 Å². The van der Waals surface area contributed by atoms with Crippen molar-refractivity contribution < 1.29 is 5.21 Å². The van der Waals surface area contributed by atoms with Crippen molar-refractivity contribution in [2.75, 3.05) is 0 Å². The van der Waals surface area contributed by atoms with Crippen molar-refractivity contribution in [3.63, 3.8) is 0 Å². The van der Waals surface area contributed by atoms with Crippen molar-refractivity contribution in [3.8, 4) is 0 Å². The molecule has 2 N–H and O–H groups in total. The van der Waals surface area contributed by atoms with Crippen LogP contribution in [0.4, 0.5) is 0 Å². The maximum Gasteiger partial charge on any atom is 0.0905 e. The standard InChI is InChI=1S/C9H13N3O/c1-2-6-9-7(11-10-6)4-3-5-8(9)12-13/h13H,2-5H2,1H3,(H,10,11). The van der Waals surface area contributed by atoms with Crippen LogP contribution in [0.5, 0.6) is 0 Å². The van der Waals surface area contributed by atoms with Crippen molar-refractivity contribution in [3.05, 3.63) is 17.0 Å². The van der Waals surface area contributed by atoms with E-state index >= 15 is 0 Å². The van der Waals surface area contributed by atoms with E-state index in [4.69, 9.17) is 5.21 Å². The number of aromatic amines is 1. The van der Waals surface area contributed by atoms with Crippen LogP contribution in [-0.2, 0) is 12.8 Å². The van der Waals surface area contributed by atoms with E-state index in [9.17, 15) is 0 Å². The molecule has 0 spiro atoms. The van der Waals surface area contributed by atoms with E-state index in [-0.39, 0.29) is 0 Å². The number of nitrogens with one attached hydrogen (secondary N) is 1. The van der Waals surface area contributed by atoms with Crippen LogP contribution in [-0.4, -0.2) is 21.1 Å². The largest absolute Gasteiger partial charge is 0.411 e. The molecule has 2 rings (SSSR count). The summed E-state index contributed by atoms with van der Waals surface area (Å²) in [6, 6.07) is 0. The van der Waals surface area contributed by atoms with Crippen molar-refractivity contribution >= 4 is 5.71 Å². The summed E-state index contributed by atoms with van der Waals surface area (Å²) in [5.41, 5.74) is 3.97. The Hall–Kier alpha value is -1.32. The second kappa shape index (κ2) is 3.20. The van der Waals surface area contributed by atoms with Crippen LogP contribution in [0.2, 0.25) is 0 Å². The minimum absolute atomic E-state index is 0.784. The molecule has 1 aliphatic rings. The molecule has 1 heterocycles. The molecule has 0 saturated heterocycles. The summed E-state index contributed by atoms with van der Waals surface area (Å²) in [7, 11) is 0. The Morgan fingerprint density at radius 3 is 3.08 bits per heavy atom. The SMILES string of the molecule is CCc1n[nH]c2c1C(=NO)CCC2. The molecule has 1 aliphatic carbocycles. The fourth-order valence-electron chi connectivity index (χ4n) is 1.86. The molecule has 13 heavy (non-hydrogen) atoms. The Morgan fingerprint density at radius 2 is 2.38 bits per heavy atom. The molecule has 4 heteroatoms. The van der Waals surface area contributed by atoms with E-state index in [2.05, 4.69) is 22.3 Å². The van der Waals surface area contributed by atoms with Crippen molar-refractivity contribution in [1.82, 2.24) is 10.2 Å². The number of fused-ring (bicyclic) bond motifs is 1. The van der Waals surface area contributed by atoms with Gasteiger partial charge in [-0.25, -0.2) is 0 Å². The topological polar surface area (TPSA) is 61.3 Å². The fraction of sp³-hybridized carbons (Fsp3) is 0.556. The maximum atomic E-state index is 8.82. The summed E-state index contributed by atoms with van der Waals surface area (Å²) in [4.78, 5) is 0. The summed E-state index contributed by atoms with van der Waals surface area (Å²) in [5.74, 6) is 0. The average Bonchev–Trinajstić information content (AvgIpc) is 2.60. The molecule has 0 aliphatic heterocycles. The highest BCUT2D eigenvalue weighted by Crippen LogP contribution is 2.22. The lowest BCUT2D eigenvalue weighted by molar-refractivity contribution is 0.317. The van der Waals surface area contributed by atoms with Crippen molar-refractivity contribution in [2.45, 2.75) is 32.6 Å². The normalized spacial score (nSPS) is 19.0. The Labute approximate surface area is 76.7 Å². The molecule has 0 saturated carbocycles. The molecule has 0 bridgehead atoms. The number of aromatic nitrogens is 2. The van der Waals surface area contributed by atoms with Gasteiger partial charge in [-0.2, -0.15) is 5.10 Å². The number of aryl methyl sites for hydroxylation is 2. The lowest BCUT2D eigenvalue weighted by Gasteiger charge is -2.12. The molecule has 0 aromatic carbocycles. The first-order valence-electron chi connectivity index (χ1n) is 4.64. The fourth-order valence-corrected chi connectivity index (χ4v) is 1.86. The first-order chi connectivity index (χ1) is 6.36. The van der Waals surface area contributed by atoms with Gasteiger partial charge in [-0.3, -0.25) is 5.10 Å². The Balaban J connectivity index is 2.51. The van der Waals surface area contributed by atoms with Crippen molar-refractivity contribution in [1.29, 1.82) is 0 Å². The molecule has 0 radical (unpaired) electrons. The van der Waals surface area contributed by atoms with Gasteiger partial charge in [0.2, 0.25) is 0 Å². The van der Waals surface area contributed by atoms with Crippen LogP contribution in [0.1, 0.15) is 36.7 Å². The predicted octanol–water partition coefficient (Wildman–Crippen LogP) is 1.49. The molecule has 0 unspecified atom stereocenters. The monoisotopic (exact) mass is 179 g/mol. The molecule has 0 amide bonds. The Morgan fingerprint density at radius 1 is 1.54 bits per heavy atom. The molecule has 0 fully saturated rings. The summed E-state index contributed by atoms with van der Waals surface area (Å²) in [6.07, 6.45) is 3.79. The second-order valence-electron chi connectivity index (χ2n) is 3.28. The predicted molar refractivity (Wildman–Crippen MR) is 49.2 cm³/mol. The highest BCUT2D eigenvalue weighted by molar-refractivity contribution is 6.02. The van der Waals surface area contributed by atoms with E-state index in [1.54, 1.807) is 0 Å². The van der Waals surface area contributed by atoms with Crippen LogP contribution in [0.25, 0.3) is 0 Å². The van der Waals surface area contributed by atoms with Crippen LogP contribution in [0.15, 0.2) is 5.16 Å². The summed E-state index contributed by atoms with van der Waals surface area (Å²) >= 11 is 0. The van der Waals surface area contributed by atoms with Gasteiger partial charge in [0.15, 0.2) is 0 Å². The number of hydrogen-bond acceptors (Lipinski definition) is 3. The number of oxime groups is 1. The minimum Gasteiger partial charge on any atom is -0.411 e. The lowest BCUT2D eigenvalue weighted by atomic mass is 9.93. The van der Waals surface area contributed by atoms with Gasteiger partial charge >= 0.3 is 0 Å². The van der Waals surface area contributed by atoms with Crippen molar-refractivity contribution in [2.24, 2.45) is 5.16 Å². The Kier molecular flexibility index (Phi) is 2.04. The number of nitrogens with zero attached hydrogens (tertiary/aromatic N) is 2. The molecular weight excluding hydrogens is 166 g/mol. The van der Waals surface area contributed by atoms with Gasteiger partial charge in [-0.1, -0.05) is 12.1 Å². The third-order valence-corrected chi connectivity index (χ3v) is 2.50. The molecule has 1 aromatic heterocycles. The molecular formula is C9H13N3O. The zero-order chi connectivity index (χ0) is 9.26. The minimum atomic E-state index is 0.784. The van der Waals surface area contributed by atoms with E-state index in [0.29, 0.717) is 0 Å². The quantitative estimate of drug-likeness (QED) is 0.506. The zero-order valence-electron chi connectivity index (χ0n) is 7.67. The summed E-state index contributed by atoms with van der Waals surface area (Å²) in [6.45, 7) is 2.06. The van der Waals surface area contributed by atoms with E-state index < -0.39 is 0 Å². The maximum absolute atomic E-state index is 8.82. The number of rotatable bonds is 1. The van der Waals surface area contributed by atoms with E-state index in [1.807, 2.05) is 0 Å². The smallest absolute Gasteiger partial charge is 0.0905 e. The van der Waals surface area contributed by atoms with Gasteiger partial charge in [-0.05, 0) is 25.7 Å². The first-order valence-corrected chi connectivity index (χ1v) is 4.64. The number of H-pyrrole nitrogens is 1. The average molecular weight is 179 g/mol. The zero-order valence-corrected chi connectivity index (χ0v) is 7.67. The highest BCUT2D eigenvalue weighted by atomic mass is 16.4. The van der Waals surface area contributed by atoms with Crippen LogP contribution >= 0.6 is 0 Å². The van der Waals surface area contributed by atoms with Crippen LogP contribution in [0, 0.1) is 0 Å². The second-order valence-corrected chi connectivity index (χ2v) is 3.28. The van der Waals surface area contributed by atoms with Crippen LogP contribution in [0.3, 0.4) is 0 Å².